The number of carbonyl (C=O) groups is 1. The molecule has 0 bridgehead atoms. The molecule has 2 rings (SSSR count). The van der Waals surface area contributed by atoms with Gasteiger partial charge in [-0.25, -0.2) is 4.79 Å². The van der Waals surface area contributed by atoms with Crippen molar-refractivity contribution in [3.8, 4) is 0 Å². The van der Waals surface area contributed by atoms with Gasteiger partial charge in [0, 0.05) is 17.8 Å². The van der Waals surface area contributed by atoms with Crippen LogP contribution in [0.3, 0.4) is 0 Å². The number of aliphatic carboxylic acids is 1. The van der Waals surface area contributed by atoms with Crippen LogP contribution in [-0.2, 0) is 4.79 Å². The molecule has 0 aliphatic rings. The van der Waals surface area contributed by atoms with E-state index in [1.165, 1.54) is 4.57 Å². The number of nitrogens with zero attached hydrogens (tertiary/aromatic N) is 1. The third kappa shape index (κ3) is 1.50. The van der Waals surface area contributed by atoms with Gasteiger partial charge < -0.3 is 14.7 Å². The van der Waals surface area contributed by atoms with Crippen LogP contribution < -0.4 is 5.56 Å². The van der Waals surface area contributed by atoms with Gasteiger partial charge in [0.05, 0.1) is 0 Å². The van der Waals surface area contributed by atoms with Gasteiger partial charge in [-0.1, -0.05) is 6.92 Å². The van der Waals surface area contributed by atoms with Gasteiger partial charge in [0.15, 0.2) is 0 Å². The van der Waals surface area contributed by atoms with Crippen molar-refractivity contribution in [1.82, 2.24) is 9.55 Å². The van der Waals surface area contributed by atoms with Crippen molar-refractivity contribution < 1.29 is 9.90 Å². The molecule has 0 saturated carbocycles. The molecule has 84 valence electrons. The van der Waals surface area contributed by atoms with Crippen LogP contribution in [0.4, 0.5) is 0 Å². The number of aromatic nitrogens is 2. The van der Waals surface area contributed by atoms with E-state index >= 15 is 0 Å². The van der Waals surface area contributed by atoms with E-state index in [4.69, 9.17) is 5.11 Å². The molecule has 2 N–H and O–H groups in total. The smallest absolute Gasteiger partial charge is 0.326 e. The Hall–Kier alpha value is -2.04. The summed E-state index contributed by atoms with van der Waals surface area (Å²) in [5.74, 6) is -0.928. The van der Waals surface area contributed by atoms with Crippen molar-refractivity contribution in [3.63, 3.8) is 0 Å². The highest BCUT2D eigenvalue weighted by molar-refractivity contribution is 5.82. The molecular weight excluding hydrogens is 208 g/mol. The molecule has 5 heteroatoms. The zero-order chi connectivity index (χ0) is 11.7. The number of pyridine rings is 1. The summed E-state index contributed by atoms with van der Waals surface area (Å²) in [6, 6.07) is 2.80. The highest BCUT2D eigenvalue weighted by Gasteiger charge is 2.19. The van der Waals surface area contributed by atoms with Crippen LogP contribution in [-0.4, -0.2) is 20.6 Å². The molecule has 0 aromatic carbocycles. The van der Waals surface area contributed by atoms with E-state index in [0.717, 1.165) is 5.39 Å². The third-order valence-corrected chi connectivity index (χ3v) is 2.65. The van der Waals surface area contributed by atoms with Gasteiger partial charge >= 0.3 is 5.97 Å². The molecule has 0 fully saturated rings. The number of hydrogen-bond donors (Lipinski definition) is 2. The number of carboxylic acid groups (broad SMARTS) is 1. The molecule has 0 saturated heterocycles. The van der Waals surface area contributed by atoms with Crippen LogP contribution in [0.15, 0.2) is 29.3 Å². The average Bonchev–Trinajstić information content (AvgIpc) is 2.64. The molecule has 16 heavy (non-hydrogen) atoms. The predicted octanol–water partition coefficient (Wildman–Crippen LogP) is 1.37. The van der Waals surface area contributed by atoms with Crippen LogP contribution in [0.5, 0.6) is 0 Å². The van der Waals surface area contributed by atoms with Crippen molar-refractivity contribution in [2.45, 2.75) is 19.4 Å². The number of hydrogen-bond acceptors (Lipinski definition) is 2. The summed E-state index contributed by atoms with van der Waals surface area (Å²) in [5, 5.41) is 9.82. The first-order chi connectivity index (χ1) is 7.65. The highest BCUT2D eigenvalue weighted by Crippen LogP contribution is 2.19. The van der Waals surface area contributed by atoms with Gasteiger partial charge in [-0.2, -0.15) is 0 Å². The second kappa shape index (κ2) is 3.84. The number of H-pyrrole nitrogens is 1. The number of carboxylic acids is 1. The monoisotopic (exact) mass is 220 g/mol. The van der Waals surface area contributed by atoms with Gasteiger partial charge in [-0.15, -0.1) is 0 Å². The van der Waals surface area contributed by atoms with Gasteiger partial charge in [-0.3, -0.25) is 4.79 Å². The fraction of sp³-hybridized carbons (Fsp3) is 0.273. The van der Waals surface area contributed by atoms with Crippen molar-refractivity contribution in [2.24, 2.45) is 0 Å². The zero-order valence-electron chi connectivity index (χ0n) is 8.80. The van der Waals surface area contributed by atoms with E-state index in [1.54, 1.807) is 31.5 Å². The molecule has 0 radical (unpaired) electrons. The van der Waals surface area contributed by atoms with E-state index < -0.39 is 12.0 Å². The Morgan fingerprint density at radius 3 is 2.94 bits per heavy atom. The first-order valence-corrected chi connectivity index (χ1v) is 5.06. The summed E-state index contributed by atoms with van der Waals surface area (Å²) in [7, 11) is 0. The quantitative estimate of drug-likeness (QED) is 0.820. The standard InChI is InChI=1S/C11H12N2O3/c1-2-8(11(15)16)13-6-4-7-3-5-12-10(14)9(7)13/h3-6,8H,2H2,1H3,(H,12,14)(H,15,16). The zero-order valence-corrected chi connectivity index (χ0v) is 8.80. The number of rotatable bonds is 3. The molecular formula is C11H12N2O3. The van der Waals surface area contributed by atoms with Crippen molar-refractivity contribution in [1.29, 1.82) is 0 Å². The Bertz CT molecular complexity index is 582. The lowest BCUT2D eigenvalue weighted by molar-refractivity contribution is -0.140. The molecule has 0 aliphatic heterocycles. The van der Waals surface area contributed by atoms with Crippen LogP contribution in [0, 0.1) is 0 Å². The maximum Gasteiger partial charge on any atom is 0.326 e. The SMILES string of the molecule is CCC(C(=O)O)n1ccc2cc[nH]c(=O)c21. The third-order valence-electron chi connectivity index (χ3n) is 2.65. The molecule has 1 atom stereocenters. The molecule has 2 aromatic heterocycles. The fourth-order valence-corrected chi connectivity index (χ4v) is 1.87. The van der Waals surface area contributed by atoms with Gasteiger partial charge in [0.2, 0.25) is 0 Å². The molecule has 0 amide bonds. The van der Waals surface area contributed by atoms with Gasteiger partial charge in [0.1, 0.15) is 11.6 Å². The number of fused-ring (bicyclic) bond motifs is 1. The Morgan fingerprint density at radius 1 is 1.56 bits per heavy atom. The minimum atomic E-state index is -0.928. The lowest BCUT2D eigenvalue weighted by atomic mass is 10.2. The minimum Gasteiger partial charge on any atom is -0.480 e. The lowest BCUT2D eigenvalue weighted by Gasteiger charge is -2.12. The molecule has 1 unspecified atom stereocenters. The number of aromatic amines is 1. The Balaban J connectivity index is 2.70. The largest absolute Gasteiger partial charge is 0.480 e. The van der Waals surface area contributed by atoms with Crippen LogP contribution in [0.25, 0.3) is 10.9 Å². The van der Waals surface area contributed by atoms with E-state index in [0.29, 0.717) is 11.9 Å². The van der Waals surface area contributed by atoms with E-state index in [-0.39, 0.29) is 5.56 Å². The summed E-state index contributed by atoms with van der Waals surface area (Å²) >= 11 is 0. The van der Waals surface area contributed by atoms with Gasteiger partial charge in [-0.05, 0) is 18.6 Å². The average molecular weight is 220 g/mol. The van der Waals surface area contributed by atoms with Crippen LogP contribution in [0.1, 0.15) is 19.4 Å². The molecule has 2 aromatic rings. The van der Waals surface area contributed by atoms with Crippen molar-refractivity contribution in [3.05, 3.63) is 34.9 Å². The normalized spacial score (nSPS) is 12.8. The predicted molar refractivity (Wildman–Crippen MR) is 59.5 cm³/mol. The van der Waals surface area contributed by atoms with Crippen LogP contribution >= 0.6 is 0 Å². The summed E-state index contributed by atoms with van der Waals surface area (Å²) in [5.41, 5.74) is 0.152. The highest BCUT2D eigenvalue weighted by atomic mass is 16.4. The van der Waals surface area contributed by atoms with E-state index in [2.05, 4.69) is 4.98 Å². The Morgan fingerprint density at radius 2 is 2.31 bits per heavy atom. The maximum atomic E-state index is 11.6. The first kappa shape index (κ1) is 10.5. The first-order valence-electron chi connectivity index (χ1n) is 5.06. The minimum absolute atomic E-state index is 0.262. The van der Waals surface area contributed by atoms with Crippen LogP contribution in [0.2, 0.25) is 0 Å². The molecule has 2 heterocycles. The number of nitrogens with one attached hydrogen (secondary N) is 1. The van der Waals surface area contributed by atoms with E-state index in [1.807, 2.05) is 0 Å². The lowest BCUT2D eigenvalue weighted by Crippen LogP contribution is -2.20. The summed E-state index contributed by atoms with van der Waals surface area (Å²) in [4.78, 5) is 25.2. The summed E-state index contributed by atoms with van der Waals surface area (Å²) in [6.45, 7) is 1.78. The summed E-state index contributed by atoms with van der Waals surface area (Å²) in [6.07, 6.45) is 3.63. The molecule has 5 nitrogen and oxygen atoms in total. The van der Waals surface area contributed by atoms with Gasteiger partial charge in [0.25, 0.3) is 5.56 Å². The Labute approximate surface area is 91.3 Å². The second-order valence-corrected chi connectivity index (χ2v) is 3.60. The fourth-order valence-electron chi connectivity index (χ4n) is 1.87. The molecule has 0 spiro atoms. The molecule has 0 aliphatic carbocycles. The maximum absolute atomic E-state index is 11.6. The second-order valence-electron chi connectivity index (χ2n) is 3.60. The van der Waals surface area contributed by atoms with Crippen molar-refractivity contribution in [2.75, 3.05) is 0 Å². The summed E-state index contributed by atoms with van der Waals surface area (Å²) < 4.78 is 1.51. The Kier molecular flexibility index (Phi) is 2.52. The van der Waals surface area contributed by atoms with E-state index in [9.17, 15) is 9.59 Å². The topological polar surface area (TPSA) is 75.1 Å². The van der Waals surface area contributed by atoms with Crippen molar-refractivity contribution >= 4 is 16.9 Å².